The van der Waals surface area contributed by atoms with Crippen LogP contribution in [0.5, 0.6) is 0 Å². The zero-order valence-corrected chi connectivity index (χ0v) is 11.2. The number of non-ortho nitro benzene ring substituents is 1. The van der Waals surface area contributed by atoms with Gasteiger partial charge in [0.15, 0.2) is 0 Å². The maximum Gasteiger partial charge on any atom is 0.278 e. The molecule has 1 aromatic heterocycles. The van der Waals surface area contributed by atoms with Crippen molar-refractivity contribution in [3.8, 4) is 12.3 Å². The van der Waals surface area contributed by atoms with Crippen molar-refractivity contribution >= 4 is 22.1 Å². The molecule has 0 amide bonds. The van der Waals surface area contributed by atoms with Gasteiger partial charge in [-0.2, -0.15) is 0 Å². The minimum atomic E-state index is -0.396. The Bertz CT molecular complexity index is 676. The average molecular weight is 269 g/mol. The van der Waals surface area contributed by atoms with E-state index in [1.807, 2.05) is 6.92 Å². The van der Waals surface area contributed by atoms with Crippen molar-refractivity contribution in [2.24, 2.45) is 0 Å². The van der Waals surface area contributed by atoms with Gasteiger partial charge in [-0.15, -0.1) is 12.3 Å². The lowest BCUT2D eigenvalue weighted by atomic mass is 10.1. The highest BCUT2D eigenvalue weighted by Crippen LogP contribution is 2.31. The lowest BCUT2D eigenvalue weighted by Crippen LogP contribution is -2.17. The zero-order chi connectivity index (χ0) is 14.5. The second-order valence-electron chi connectivity index (χ2n) is 4.47. The minimum absolute atomic E-state index is 0.0589. The summed E-state index contributed by atoms with van der Waals surface area (Å²) in [6.45, 7) is 2.05. The van der Waals surface area contributed by atoms with E-state index in [0.717, 1.165) is 17.5 Å². The first-order valence-electron chi connectivity index (χ1n) is 6.38. The van der Waals surface area contributed by atoms with Gasteiger partial charge in [-0.3, -0.25) is 15.1 Å². The number of terminal acetylenes is 1. The predicted octanol–water partition coefficient (Wildman–Crippen LogP) is 3.36. The molecule has 0 radical (unpaired) electrons. The van der Waals surface area contributed by atoms with Crippen molar-refractivity contribution in [2.45, 2.75) is 25.8 Å². The molecule has 0 fully saturated rings. The molecule has 0 saturated heterocycles. The van der Waals surface area contributed by atoms with Gasteiger partial charge in [0.25, 0.3) is 5.69 Å². The van der Waals surface area contributed by atoms with Crippen molar-refractivity contribution in [3.63, 3.8) is 0 Å². The fourth-order valence-electron chi connectivity index (χ4n) is 2.12. The molecule has 0 saturated carbocycles. The fourth-order valence-corrected chi connectivity index (χ4v) is 2.12. The van der Waals surface area contributed by atoms with Gasteiger partial charge in [0.1, 0.15) is 0 Å². The van der Waals surface area contributed by atoms with E-state index >= 15 is 0 Å². The predicted molar refractivity (Wildman–Crippen MR) is 79.5 cm³/mol. The Hall–Kier alpha value is -2.61. The molecule has 0 aliphatic heterocycles. The Morgan fingerprint density at radius 1 is 1.45 bits per heavy atom. The van der Waals surface area contributed by atoms with Crippen LogP contribution in [-0.4, -0.2) is 15.9 Å². The zero-order valence-electron chi connectivity index (χ0n) is 11.2. The summed E-state index contributed by atoms with van der Waals surface area (Å²) in [6, 6.07) is 5.14. The monoisotopic (exact) mass is 269 g/mol. The van der Waals surface area contributed by atoms with Crippen molar-refractivity contribution in [1.29, 1.82) is 0 Å². The van der Waals surface area contributed by atoms with Gasteiger partial charge >= 0.3 is 0 Å². The first kappa shape index (κ1) is 13.8. The Labute approximate surface area is 117 Å². The third-order valence-corrected chi connectivity index (χ3v) is 3.21. The number of rotatable bonds is 5. The summed E-state index contributed by atoms with van der Waals surface area (Å²) in [4.78, 5) is 14.6. The molecule has 0 bridgehead atoms. The summed E-state index contributed by atoms with van der Waals surface area (Å²) in [5, 5.41) is 15.7. The molecule has 2 rings (SSSR count). The van der Waals surface area contributed by atoms with Crippen molar-refractivity contribution in [3.05, 3.63) is 40.7 Å². The molecule has 102 valence electrons. The van der Waals surface area contributed by atoms with Crippen molar-refractivity contribution in [2.75, 3.05) is 5.32 Å². The van der Waals surface area contributed by atoms with E-state index in [4.69, 9.17) is 6.42 Å². The average Bonchev–Trinajstić information content (AvgIpc) is 2.46. The van der Waals surface area contributed by atoms with Gasteiger partial charge in [0.2, 0.25) is 0 Å². The van der Waals surface area contributed by atoms with Crippen LogP contribution < -0.4 is 5.32 Å². The summed E-state index contributed by atoms with van der Waals surface area (Å²) in [6.07, 6.45) is 9.98. The molecule has 0 aliphatic rings. The molecule has 5 heteroatoms. The van der Waals surface area contributed by atoms with Gasteiger partial charge in [-0.1, -0.05) is 6.92 Å². The first-order chi connectivity index (χ1) is 9.67. The Morgan fingerprint density at radius 3 is 2.90 bits per heavy atom. The molecule has 1 aromatic carbocycles. The molecule has 2 aromatic rings. The molecule has 1 N–H and O–H groups in total. The van der Waals surface area contributed by atoms with Crippen LogP contribution in [0.2, 0.25) is 0 Å². The largest absolute Gasteiger partial charge is 0.381 e. The van der Waals surface area contributed by atoms with E-state index in [2.05, 4.69) is 16.2 Å². The highest BCUT2D eigenvalue weighted by Gasteiger charge is 2.15. The van der Waals surface area contributed by atoms with Crippen LogP contribution in [0.15, 0.2) is 30.6 Å². The molecular formula is C15H15N3O2. The van der Waals surface area contributed by atoms with E-state index in [1.165, 1.54) is 12.3 Å². The number of hydrogen-bond donors (Lipinski definition) is 1. The van der Waals surface area contributed by atoms with Crippen LogP contribution in [0.3, 0.4) is 0 Å². The number of nitrogens with zero attached hydrogens (tertiary/aromatic N) is 2. The minimum Gasteiger partial charge on any atom is -0.381 e. The summed E-state index contributed by atoms with van der Waals surface area (Å²) < 4.78 is 0. The standard InChI is InChI=1S/C15H15N3O2/c1-3-5-11(4-2)17-14-6-7-15(18(19)20)13-10-16-9-8-12(13)14/h1,6-11,17H,4-5H2,2H3. The quantitative estimate of drug-likeness (QED) is 0.513. The van der Waals surface area contributed by atoms with Gasteiger partial charge in [0, 0.05) is 42.0 Å². The normalized spacial score (nSPS) is 11.8. The molecule has 1 atom stereocenters. The maximum atomic E-state index is 11.0. The van der Waals surface area contributed by atoms with E-state index < -0.39 is 4.92 Å². The number of anilines is 1. The smallest absolute Gasteiger partial charge is 0.278 e. The van der Waals surface area contributed by atoms with Crippen LogP contribution in [0.4, 0.5) is 11.4 Å². The van der Waals surface area contributed by atoms with E-state index in [0.29, 0.717) is 11.8 Å². The van der Waals surface area contributed by atoms with Crippen LogP contribution in [0.1, 0.15) is 19.8 Å². The molecule has 20 heavy (non-hydrogen) atoms. The fraction of sp³-hybridized carbons (Fsp3) is 0.267. The molecule has 0 aliphatic carbocycles. The molecule has 5 nitrogen and oxygen atoms in total. The molecule has 1 unspecified atom stereocenters. The first-order valence-corrected chi connectivity index (χ1v) is 6.38. The van der Waals surface area contributed by atoms with Crippen LogP contribution in [-0.2, 0) is 0 Å². The Kier molecular flexibility index (Phi) is 4.16. The lowest BCUT2D eigenvalue weighted by Gasteiger charge is -2.17. The Balaban J connectivity index is 2.48. The van der Waals surface area contributed by atoms with Gasteiger partial charge < -0.3 is 5.32 Å². The van der Waals surface area contributed by atoms with Gasteiger partial charge in [0.05, 0.1) is 10.3 Å². The number of hydrogen-bond acceptors (Lipinski definition) is 4. The SMILES string of the molecule is C#CCC(CC)Nc1ccc([N+](=O)[O-])c2cnccc12. The number of pyridine rings is 1. The third kappa shape index (κ3) is 2.69. The maximum absolute atomic E-state index is 11.0. The highest BCUT2D eigenvalue weighted by molar-refractivity contribution is 5.99. The Morgan fingerprint density at radius 2 is 2.25 bits per heavy atom. The number of fused-ring (bicyclic) bond motifs is 1. The van der Waals surface area contributed by atoms with Gasteiger partial charge in [-0.25, -0.2) is 0 Å². The number of nitro benzene ring substituents is 1. The number of aromatic nitrogens is 1. The van der Waals surface area contributed by atoms with E-state index in [-0.39, 0.29) is 11.7 Å². The summed E-state index contributed by atoms with van der Waals surface area (Å²) in [5.74, 6) is 2.63. The van der Waals surface area contributed by atoms with Crippen LogP contribution in [0.25, 0.3) is 10.8 Å². The molecular weight excluding hydrogens is 254 g/mol. The van der Waals surface area contributed by atoms with Crippen LogP contribution in [0, 0.1) is 22.5 Å². The molecule has 0 spiro atoms. The molecule has 1 heterocycles. The number of benzene rings is 1. The third-order valence-electron chi connectivity index (χ3n) is 3.21. The van der Waals surface area contributed by atoms with Crippen LogP contribution >= 0.6 is 0 Å². The number of nitro groups is 1. The summed E-state index contributed by atoms with van der Waals surface area (Å²) in [7, 11) is 0. The number of nitrogens with one attached hydrogen (secondary N) is 1. The topological polar surface area (TPSA) is 68.1 Å². The second kappa shape index (κ2) is 6.02. The summed E-state index contributed by atoms with van der Waals surface area (Å²) >= 11 is 0. The lowest BCUT2D eigenvalue weighted by molar-refractivity contribution is -0.383. The second-order valence-corrected chi connectivity index (χ2v) is 4.47. The van der Waals surface area contributed by atoms with E-state index in [9.17, 15) is 10.1 Å². The van der Waals surface area contributed by atoms with E-state index in [1.54, 1.807) is 18.3 Å². The summed E-state index contributed by atoms with van der Waals surface area (Å²) in [5.41, 5.74) is 0.902. The van der Waals surface area contributed by atoms with Crippen molar-refractivity contribution in [1.82, 2.24) is 4.98 Å². The van der Waals surface area contributed by atoms with Crippen molar-refractivity contribution < 1.29 is 4.92 Å². The van der Waals surface area contributed by atoms with Gasteiger partial charge in [-0.05, 0) is 18.6 Å². The highest BCUT2D eigenvalue weighted by atomic mass is 16.6.